The van der Waals surface area contributed by atoms with Crippen LogP contribution in [0.15, 0.2) is 85.2 Å². The van der Waals surface area contributed by atoms with Gasteiger partial charge in [-0.3, -0.25) is 4.98 Å². The Morgan fingerprint density at radius 2 is 1.60 bits per heavy atom. The Morgan fingerprint density at radius 3 is 2.37 bits per heavy atom. The van der Waals surface area contributed by atoms with Crippen LogP contribution in [0.1, 0.15) is 31.1 Å². The van der Waals surface area contributed by atoms with Crippen molar-refractivity contribution in [2.75, 3.05) is 0 Å². The maximum Gasteiger partial charge on any atom is 0.220 e. The lowest BCUT2D eigenvalue weighted by atomic mass is 9.95. The summed E-state index contributed by atoms with van der Waals surface area (Å²) in [5.41, 5.74) is 10.0. The van der Waals surface area contributed by atoms with Crippen molar-refractivity contribution in [2.24, 2.45) is 7.05 Å². The third kappa shape index (κ3) is 3.34. The Morgan fingerprint density at radius 1 is 0.771 bits per heavy atom. The second kappa shape index (κ2) is 8.06. The molecule has 3 heteroatoms. The number of hydrogen-bond donors (Lipinski definition) is 0. The lowest BCUT2D eigenvalue weighted by Crippen LogP contribution is -2.35. The Labute approximate surface area is 206 Å². The van der Waals surface area contributed by atoms with Gasteiger partial charge in [-0.2, -0.15) is 4.57 Å². The monoisotopic (exact) mass is 456 g/mol. The average molecular weight is 457 g/mol. The predicted octanol–water partition coefficient (Wildman–Crippen LogP) is 7.70. The van der Waals surface area contributed by atoms with Gasteiger partial charge >= 0.3 is 0 Å². The second-order valence-electron chi connectivity index (χ2n) is 9.90. The number of aromatic nitrogens is 3. The quantitative estimate of drug-likeness (QED) is 0.250. The van der Waals surface area contributed by atoms with Gasteiger partial charge in [0.1, 0.15) is 7.05 Å². The van der Waals surface area contributed by atoms with Crippen molar-refractivity contribution in [2.45, 2.75) is 33.7 Å². The van der Waals surface area contributed by atoms with Gasteiger partial charge in [-0.1, -0.05) is 30.3 Å². The summed E-state index contributed by atoms with van der Waals surface area (Å²) in [5.74, 6) is 0. The first-order chi connectivity index (χ1) is 16.9. The second-order valence-corrected chi connectivity index (χ2v) is 9.90. The van der Waals surface area contributed by atoms with Crippen LogP contribution in [0.25, 0.3) is 55.0 Å². The molecule has 0 fully saturated rings. The number of aryl methyl sites for hydroxylation is 2. The molecule has 0 N–H and O–H groups in total. The first-order valence-corrected chi connectivity index (χ1v) is 12.3. The fourth-order valence-electron chi connectivity index (χ4n) is 5.58. The smallest absolute Gasteiger partial charge is 0.220 e. The third-order valence-corrected chi connectivity index (χ3v) is 7.36. The molecule has 0 aliphatic heterocycles. The van der Waals surface area contributed by atoms with Gasteiger partial charge in [-0.15, -0.1) is 0 Å². The Kier molecular flexibility index (Phi) is 4.96. The molecule has 0 bridgehead atoms. The molecule has 3 aromatic heterocycles. The maximum absolute atomic E-state index is 4.31. The molecule has 3 aromatic carbocycles. The minimum atomic E-state index is 0.373. The minimum absolute atomic E-state index is 0.373. The summed E-state index contributed by atoms with van der Waals surface area (Å²) in [4.78, 5) is 4.31. The van der Waals surface area contributed by atoms with Gasteiger partial charge in [0, 0.05) is 53.3 Å². The van der Waals surface area contributed by atoms with Crippen LogP contribution in [0, 0.1) is 13.8 Å². The number of hydrogen-bond acceptors (Lipinski definition) is 1. The zero-order valence-corrected chi connectivity index (χ0v) is 21.0. The van der Waals surface area contributed by atoms with Gasteiger partial charge in [-0.05, 0) is 73.7 Å². The van der Waals surface area contributed by atoms with Crippen LogP contribution in [0.4, 0.5) is 0 Å². The van der Waals surface area contributed by atoms with E-state index >= 15 is 0 Å². The van der Waals surface area contributed by atoms with Crippen molar-refractivity contribution in [3.8, 4) is 22.4 Å². The molecule has 0 aliphatic rings. The fraction of sp³-hybridized carbons (Fsp3) is 0.188. The van der Waals surface area contributed by atoms with Crippen molar-refractivity contribution in [3.63, 3.8) is 0 Å². The van der Waals surface area contributed by atoms with E-state index in [0.717, 1.165) is 5.56 Å². The number of nitrogens with zero attached hydrogens (tertiary/aromatic N) is 3. The maximum atomic E-state index is 4.31. The summed E-state index contributed by atoms with van der Waals surface area (Å²) in [7, 11) is 2.18. The van der Waals surface area contributed by atoms with Crippen molar-refractivity contribution in [3.05, 3.63) is 96.4 Å². The summed E-state index contributed by atoms with van der Waals surface area (Å²) in [6, 6.07) is 27.1. The van der Waals surface area contributed by atoms with E-state index in [1.807, 2.05) is 18.5 Å². The van der Waals surface area contributed by atoms with Crippen LogP contribution in [0.5, 0.6) is 0 Å². The Bertz CT molecular complexity index is 1740. The molecule has 0 saturated heterocycles. The van der Waals surface area contributed by atoms with Crippen molar-refractivity contribution in [1.82, 2.24) is 9.55 Å². The van der Waals surface area contributed by atoms with E-state index in [2.05, 4.69) is 116 Å². The number of fused-ring (bicyclic) bond motifs is 4. The molecule has 3 nitrogen and oxygen atoms in total. The van der Waals surface area contributed by atoms with E-state index in [9.17, 15) is 0 Å². The van der Waals surface area contributed by atoms with E-state index < -0.39 is 0 Å². The highest BCUT2D eigenvalue weighted by molar-refractivity contribution is 6.10. The molecule has 6 rings (SSSR count). The Balaban J connectivity index is 1.66. The molecule has 0 aliphatic carbocycles. The number of pyridine rings is 2. The van der Waals surface area contributed by atoms with Crippen LogP contribution in [-0.2, 0) is 7.05 Å². The Hall–Kier alpha value is -3.98. The number of para-hydroxylation sites is 1. The molecule has 0 amide bonds. The highest BCUT2D eigenvalue weighted by Gasteiger charge is 2.23. The topological polar surface area (TPSA) is 21.7 Å². The molecule has 0 radical (unpaired) electrons. The van der Waals surface area contributed by atoms with Crippen molar-refractivity contribution < 1.29 is 4.57 Å². The predicted molar refractivity (Wildman–Crippen MR) is 147 cm³/mol. The molecule has 172 valence electrons. The molecular formula is C32H30N3+. The first-order valence-electron chi connectivity index (χ1n) is 12.3. The van der Waals surface area contributed by atoms with Gasteiger partial charge in [0.25, 0.3) is 0 Å². The van der Waals surface area contributed by atoms with E-state index in [-0.39, 0.29) is 0 Å². The van der Waals surface area contributed by atoms with Crippen LogP contribution in [0.2, 0.25) is 0 Å². The van der Waals surface area contributed by atoms with Crippen molar-refractivity contribution in [1.29, 1.82) is 0 Å². The van der Waals surface area contributed by atoms with Crippen LogP contribution in [0.3, 0.4) is 0 Å². The molecule has 0 spiro atoms. The first kappa shape index (κ1) is 21.5. The molecule has 0 saturated carbocycles. The van der Waals surface area contributed by atoms with Gasteiger partial charge in [0.2, 0.25) is 5.69 Å². The summed E-state index contributed by atoms with van der Waals surface area (Å²) >= 11 is 0. The molecule has 6 aromatic rings. The lowest BCUT2D eigenvalue weighted by molar-refractivity contribution is -0.665. The van der Waals surface area contributed by atoms with E-state index in [0.29, 0.717) is 6.04 Å². The van der Waals surface area contributed by atoms with Crippen LogP contribution >= 0.6 is 0 Å². The molecule has 3 heterocycles. The summed E-state index contributed by atoms with van der Waals surface area (Å²) in [5, 5.41) is 5.17. The highest BCUT2D eigenvalue weighted by atomic mass is 15.0. The molecule has 0 atom stereocenters. The zero-order chi connectivity index (χ0) is 24.3. The summed E-state index contributed by atoms with van der Waals surface area (Å²) in [6.45, 7) is 8.98. The molecular weight excluding hydrogens is 426 g/mol. The van der Waals surface area contributed by atoms with Crippen molar-refractivity contribution >= 4 is 32.6 Å². The standard InChI is InChI=1S/C32H30N3/c1-20(2)35-30-11-7-6-10-27(30)29-15-21(3)28(18-31(29)35)32-26-13-12-23(24-9-8-14-33-19-24)17-25(26)16-22(4)34(32)5/h6-20H,1-5H3/q+1. The fourth-order valence-corrected chi connectivity index (χ4v) is 5.58. The van der Waals surface area contributed by atoms with E-state index in [4.69, 9.17) is 0 Å². The van der Waals surface area contributed by atoms with E-state index in [1.54, 1.807) is 0 Å². The largest absolute Gasteiger partial charge is 0.338 e. The third-order valence-electron chi connectivity index (χ3n) is 7.36. The summed E-state index contributed by atoms with van der Waals surface area (Å²) in [6.07, 6.45) is 3.75. The van der Waals surface area contributed by atoms with Crippen LogP contribution < -0.4 is 4.57 Å². The molecule has 0 unspecified atom stereocenters. The zero-order valence-electron chi connectivity index (χ0n) is 21.0. The van der Waals surface area contributed by atoms with Gasteiger partial charge in [0.15, 0.2) is 5.69 Å². The number of rotatable bonds is 3. The van der Waals surface area contributed by atoms with Gasteiger partial charge in [-0.25, -0.2) is 0 Å². The van der Waals surface area contributed by atoms with Gasteiger partial charge in [0.05, 0.1) is 16.5 Å². The normalized spacial score (nSPS) is 11.8. The van der Waals surface area contributed by atoms with Crippen LogP contribution in [-0.4, -0.2) is 9.55 Å². The number of benzene rings is 3. The lowest BCUT2D eigenvalue weighted by Gasteiger charge is -2.14. The SMILES string of the molecule is Cc1cc2c3ccccc3n(C(C)C)c2cc1-c1c2ccc(-c3cccnc3)cc2cc(C)[n+]1C. The van der Waals surface area contributed by atoms with Gasteiger partial charge < -0.3 is 4.57 Å². The average Bonchev–Trinajstić information content (AvgIpc) is 3.18. The molecule has 35 heavy (non-hydrogen) atoms. The van der Waals surface area contributed by atoms with E-state index in [1.165, 1.54) is 60.7 Å². The highest BCUT2D eigenvalue weighted by Crippen LogP contribution is 2.38. The minimum Gasteiger partial charge on any atom is -0.338 e. The summed E-state index contributed by atoms with van der Waals surface area (Å²) < 4.78 is 4.81.